The Morgan fingerprint density at radius 1 is 1.17 bits per heavy atom. The topological polar surface area (TPSA) is 66.9 Å². The van der Waals surface area contributed by atoms with Crippen LogP contribution in [-0.4, -0.2) is 21.4 Å². The number of halogens is 1. The van der Waals surface area contributed by atoms with E-state index < -0.39 is 11.0 Å². The monoisotopic (exact) mass is 268 g/mol. The van der Waals surface area contributed by atoms with Gasteiger partial charge in [-0.2, -0.15) is 4.98 Å². The van der Waals surface area contributed by atoms with E-state index in [0.717, 1.165) is 0 Å². The van der Waals surface area contributed by atoms with Gasteiger partial charge < -0.3 is 10.6 Å². The molecule has 0 bridgehead atoms. The molecular weight excluding hydrogens is 252 g/mol. The van der Waals surface area contributed by atoms with E-state index in [9.17, 15) is 4.79 Å². The maximum absolute atomic E-state index is 12.3. The highest BCUT2D eigenvalue weighted by Crippen LogP contribution is 2.40. The smallest absolute Gasteiger partial charge is 0.232 e. The van der Waals surface area contributed by atoms with E-state index in [1.807, 2.05) is 27.7 Å². The maximum Gasteiger partial charge on any atom is 0.232 e. The SMILES string of the molecule is Cc1nc(Cl)nc2c1NC(=O)C(C)(C)C(C)(C)N2. The lowest BCUT2D eigenvalue weighted by Gasteiger charge is -2.38. The number of fused-ring (bicyclic) bond motifs is 1. The van der Waals surface area contributed by atoms with Gasteiger partial charge in [0.2, 0.25) is 11.2 Å². The largest absolute Gasteiger partial charge is 0.362 e. The summed E-state index contributed by atoms with van der Waals surface area (Å²) in [6.45, 7) is 9.51. The minimum atomic E-state index is -0.591. The van der Waals surface area contributed by atoms with Crippen LogP contribution in [0, 0.1) is 12.3 Å². The Balaban J connectivity index is 2.62. The van der Waals surface area contributed by atoms with Crippen LogP contribution in [0.1, 0.15) is 33.4 Å². The average molecular weight is 269 g/mol. The summed E-state index contributed by atoms with van der Waals surface area (Å²) in [5.41, 5.74) is 0.210. The number of aryl methyl sites for hydroxylation is 1. The summed E-state index contributed by atoms with van der Waals surface area (Å²) in [6.07, 6.45) is 0. The molecule has 5 nitrogen and oxygen atoms in total. The van der Waals surface area contributed by atoms with Gasteiger partial charge in [0, 0.05) is 5.54 Å². The predicted molar refractivity (Wildman–Crippen MR) is 71.9 cm³/mol. The highest BCUT2D eigenvalue weighted by molar-refractivity contribution is 6.28. The molecule has 2 heterocycles. The fourth-order valence-electron chi connectivity index (χ4n) is 1.78. The van der Waals surface area contributed by atoms with Gasteiger partial charge >= 0.3 is 0 Å². The van der Waals surface area contributed by atoms with Crippen LogP contribution in [0.2, 0.25) is 5.28 Å². The fraction of sp³-hybridized carbons (Fsp3) is 0.583. The molecule has 0 saturated heterocycles. The van der Waals surface area contributed by atoms with Gasteiger partial charge in [-0.3, -0.25) is 4.79 Å². The molecule has 0 atom stereocenters. The molecule has 1 aliphatic rings. The molecular formula is C12H17ClN4O. The van der Waals surface area contributed by atoms with Crippen molar-refractivity contribution >= 4 is 29.0 Å². The number of amides is 1. The molecule has 0 aliphatic carbocycles. The fourth-order valence-corrected chi connectivity index (χ4v) is 2.00. The van der Waals surface area contributed by atoms with Crippen LogP contribution in [-0.2, 0) is 4.79 Å². The summed E-state index contributed by atoms with van der Waals surface area (Å²) in [5.74, 6) is 0.504. The molecule has 0 unspecified atom stereocenters. The Labute approximate surface area is 111 Å². The third-order valence-electron chi connectivity index (χ3n) is 3.86. The Bertz CT molecular complexity index is 525. The summed E-state index contributed by atoms with van der Waals surface area (Å²) in [6, 6.07) is 0. The number of hydrogen-bond acceptors (Lipinski definition) is 4. The number of hydrogen-bond donors (Lipinski definition) is 2. The van der Waals surface area contributed by atoms with E-state index in [1.54, 1.807) is 6.92 Å². The first kappa shape index (κ1) is 13.1. The highest BCUT2D eigenvalue weighted by Gasteiger charge is 2.46. The number of nitrogens with zero attached hydrogens (tertiary/aromatic N) is 2. The van der Waals surface area contributed by atoms with E-state index in [2.05, 4.69) is 20.6 Å². The predicted octanol–water partition coefficient (Wildman–Crippen LogP) is 2.61. The minimum Gasteiger partial charge on any atom is -0.362 e. The molecule has 0 saturated carbocycles. The molecule has 18 heavy (non-hydrogen) atoms. The Morgan fingerprint density at radius 3 is 2.39 bits per heavy atom. The van der Waals surface area contributed by atoms with Crippen molar-refractivity contribution < 1.29 is 4.79 Å². The highest BCUT2D eigenvalue weighted by atomic mass is 35.5. The van der Waals surface area contributed by atoms with Gasteiger partial charge in [-0.25, -0.2) is 4.98 Å². The van der Waals surface area contributed by atoms with Crippen molar-refractivity contribution in [1.82, 2.24) is 9.97 Å². The number of carbonyl (C=O) groups excluding carboxylic acids is 1. The van der Waals surface area contributed by atoms with Gasteiger partial charge in [0.05, 0.1) is 11.1 Å². The molecule has 1 aromatic rings. The number of rotatable bonds is 0. The van der Waals surface area contributed by atoms with Crippen molar-refractivity contribution in [2.24, 2.45) is 5.41 Å². The lowest BCUT2D eigenvalue weighted by atomic mass is 9.74. The number of anilines is 2. The number of aromatic nitrogens is 2. The molecule has 2 rings (SSSR count). The van der Waals surface area contributed by atoms with Crippen LogP contribution in [0.5, 0.6) is 0 Å². The first-order chi connectivity index (χ1) is 8.15. The molecule has 1 amide bonds. The second-order valence-electron chi connectivity index (χ2n) is 5.63. The van der Waals surface area contributed by atoms with Crippen LogP contribution >= 0.6 is 11.6 Å². The molecule has 0 spiro atoms. The molecule has 0 aromatic carbocycles. The van der Waals surface area contributed by atoms with Crippen LogP contribution in [0.15, 0.2) is 0 Å². The summed E-state index contributed by atoms with van der Waals surface area (Å²) in [4.78, 5) is 20.5. The van der Waals surface area contributed by atoms with Crippen molar-refractivity contribution in [2.45, 2.75) is 40.2 Å². The molecule has 2 N–H and O–H groups in total. The van der Waals surface area contributed by atoms with Gasteiger partial charge in [-0.15, -0.1) is 0 Å². The zero-order valence-corrected chi connectivity index (χ0v) is 11.9. The van der Waals surface area contributed by atoms with E-state index in [-0.39, 0.29) is 11.2 Å². The Morgan fingerprint density at radius 2 is 1.78 bits per heavy atom. The van der Waals surface area contributed by atoms with Crippen molar-refractivity contribution in [3.8, 4) is 0 Å². The van der Waals surface area contributed by atoms with Gasteiger partial charge in [0.25, 0.3) is 0 Å². The van der Waals surface area contributed by atoms with E-state index in [4.69, 9.17) is 11.6 Å². The van der Waals surface area contributed by atoms with E-state index >= 15 is 0 Å². The summed E-state index contributed by atoms with van der Waals surface area (Å²) >= 11 is 5.86. The number of nitrogens with one attached hydrogen (secondary N) is 2. The summed E-state index contributed by atoms with van der Waals surface area (Å²) < 4.78 is 0. The van der Waals surface area contributed by atoms with Crippen molar-refractivity contribution in [2.75, 3.05) is 10.6 Å². The molecule has 98 valence electrons. The third-order valence-corrected chi connectivity index (χ3v) is 4.03. The van der Waals surface area contributed by atoms with Gasteiger partial charge in [-0.1, -0.05) is 0 Å². The Kier molecular flexibility index (Phi) is 2.77. The van der Waals surface area contributed by atoms with Crippen LogP contribution < -0.4 is 10.6 Å². The average Bonchev–Trinajstić information content (AvgIpc) is 2.26. The number of carbonyl (C=O) groups is 1. The molecule has 0 radical (unpaired) electrons. The van der Waals surface area contributed by atoms with Crippen LogP contribution in [0.3, 0.4) is 0 Å². The molecule has 1 aliphatic heterocycles. The minimum absolute atomic E-state index is 0.0622. The third kappa shape index (κ3) is 1.82. The standard InChI is InChI=1S/C12H17ClN4O/c1-6-7-8(16-10(13)14-6)17-12(4,5)11(2,3)9(18)15-7/h1-5H3,(H,15,18)(H,14,16,17). The van der Waals surface area contributed by atoms with Crippen molar-refractivity contribution in [3.05, 3.63) is 11.0 Å². The lowest BCUT2D eigenvalue weighted by molar-refractivity contribution is -0.126. The zero-order chi connectivity index (χ0) is 13.7. The summed E-state index contributed by atoms with van der Waals surface area (Å²) in [5, 5.41) is 6.33. The molecule has 6 heteroatoms. The molecule has 1 aromatic heterocycles. The van der Waals surface area contributed by atoms with Gasteiger partial charge in [0.15, 0.2) is 5.82 Å². The summed E-state index contributed by atoms with van der Waals surface area (Å²) in [7, 11) is 0. The van der Waals surface area contributed by atoms with Crippen LogP contribution in [0.4, 0.5) is 11.5 Å². The van der Waals surface area contributed by atoms with E-state index in [0.29, 0.717) is 17.2 Å². The van der Waals surface area contributed by atoms with Crippen molar-refractivity contribution in [1.29, 1.82) is 0 Å². The van der Waals surface area contributed by atoms with Crippen LogP contribution in [0.25, 0.3) is 0 Å². The second-order valence-corrected chi connectivity index (χ2v) is 5.97. The first-order valence-corrected chi connectivity index (χ1v) is 6.17. The lowest BCUT2D eigenvalue weighted by Crippen LogP contribution is -2.51. The van der Waals surface area contributed by atoms with Crippen molar-refractivity contribution in [3.63, 3.8) is 0 Å². The quantitative estimate of drug-likeness (QED) is 0.710. The zero-order valence-electron chi connectivity index (χ0n) is 11.2. The van der Waals surface area contributed by atoms with Gasteiger partial charge in [0.1, 0.15) is 5.69 Å². The second kappa shape index (κ2) is 3.82. The van der Waals surface area contributed by atoms with E-state index in [1.165, 1.54) is 0 Å². The normalized spacial score (nSPS) is 20.4. The van der Waals surface area contributed by atoms with Gasteiger partial charge in [-0.05, 0) is 46.2 Å². The molecule has 0 fully saturated rings. The maximum atomic E-state index is 12.3. The first-order valence-electron chi connectivity index (χ1n) is 5.79. The Hall–Kier alpha value is -1.36.